The largest absolute Gasteiger partial charge is 0.393 e. The molecule has 4 heteroatoms. The number of thiophene rings is 1. The van der Waals surface area contributed by atoms with Crippen LogP contribution in [-0.2, 0) is 6.42 Å². The van der Waals surface area contributed by atoms with E-state index in [1.165, 1.54) is 23.3 Å². The highest BCUT2D eigenvalue weighted by Crippen LogP contribution is 2.39. The topological polar surface area (TPSA) is 32.3 Å². The van der Waals surface area contributed by atoms with Crippen LogP contribution in [0.25, 0.3) is 0 Å². The van der Waals surface area contributed by atoms with E-state index >= 15 is 0 Å². The third-order valence-electron chi connectivity index (χ3n) is 4.32. The van der Waals surface area contributed by atoms with Gasteiger partial charge in [-0.25, -0.2) is 0 Å². The molecule has 1 aromatic rings. The third kappa shape index (κ3) is 2.74. The second kappa shape index (κ2) is 5.49. The lowest BCUT2D eigenvalue weighted by Crippen LogP contribution is -2.29. The van der Waals surface area contributed by atoms with Crippen molar-refractivity contribution in [1.29, 1.82) is 0 Å². The van der Waals surface area contributed by atoms with Gasteiger partial charge in [-0.05, 0) is 62.6 Å². The summed E-state index contributed by atoms with van der Waals surface area (Å²) in [6, 6.07) is 2.65. The molecule has 1 aromatic heterocycles. The van der Waals surface area contributed by atoms with E-state index in [1.807, 2.05) is 0 Å². The van der Waals surface area contributed by atoms with E-state index in [2.05, 4.69) is 11.4 Å². The molecule has 0 bridgehead atoms. The predicted octanol–water partition coefficient (Wildman–Crippen LogP) is 3.53. The molecular weight excluding hydrogens is 266 g/mol. The number of aryl methyl sites for hydroxylation is 1. The Bertz CT molecular complexity index is 412. The maximum absolute atomic E-state index is 9.51. The van der Waals surface area contributed by atoms with Gasteiger partial charge in [0.15, 0.2) is 0 Å². The molecule has 0 aliphatic heterocycles. The summed E-state index contributed by atoms with van der Waals surface area (Å²) in [6.45, 7) is 1.09. The molecule has 1 fully saturated rings. The molecule has 2 aliphatic rings. The van der Waals surface area contributed by atoms with Crippen LogP contribution in [0.5, 0.6) is 0 Å². The van der Waals surface area contributed by atoms with E-state index in [-0.39, 0.29) is 6.10 Å². The summed E-state index contributed by atoms with van der Waals surface area (Å²) in [4.78, 5) is 1.47. The smallest absolute Gasteiger partial charge is 0.0934 e. The number of aliphatic hydroxyl groups excluding tert-OH is 1. The highest BCUT2D eigenvalue weighted by atomic mass is 35.5. The fraction of sp³-hybridized carbons (Fsp3) is 0.714. The molecular formula is C14H20ClNOS. The van der Waals surface area contributed by atoms with E-state index in [0.29, 0.717) is 6.04 Å². The van der Waals surface area contributed by atoms with Crippen LogP contribution in [0.1, 0.15) is 48.6 Å². The van der Waals surface area contributed by atoms with Gasteiger partial charge in [-0.15, -0.1) is 11.3 Å². The lowest BCUT2D eigenvalue weighted by molar-refractivity contribution is 0.107. The number of hydrogen-bond acceptors (Lipinski definition) is 3. The van der Waals surface area contributed by atoms with Gasteiger partial charge in [0.1, 0.15) is 0 Å². The summed E-state index contributed by atoms with van der Waals surface area (Å²) in [6.07, 6.45) is 6.63. The number of halogens is 1. The Hall–Kier alpha value is -0.0900. The van der Waals surface area contributed by atoms with Crippen molar-refractivity contribution in [3.63, 3.8) is 0 Å². The van der Waals surface area contributed by atoms with Gasteiger partial charge in [0.05, 0.1) is 10.4 Å². The molecule has 2 nitrogen and oxygen atoms in total. The molecule has 2 N–H and O–H groups in total. The zero-order valence-electron chi connectivity index (χ0n) is 10.5. The Labute approximate surface area is 117 Å². The van der Waals surface area contributed by atoms with E-state index < -0.39 is 0 Å². The number of aliphatic hydroxyl groups is 1. The molecule has 1 heterocycles. The number of rotatable bonds is 3. The lowest BCUT2D eigenvalue weighted by atomic mass is 9.87. The number of nitrogens with one attached hydrogen (secondary N) is 1. The van der Waals surface area contributed by atoms with E-state index in [1.54, 1.807) is 11.3 Å². The van der Waals surface area contributed by atoms with Crippen LogP contribution in [-0.4, -0.2) is 17.8 Å². The minimum Gasteiger partial charge on any atom is -0.393 e. The lowest BCUT2D eigenvalue weighted by Gasteiger charge is -2.27. The average Bonchev–Trinajstić information content (AvgIpc) is 2.88. The van der Waals surface area contributed by atoms with Gasteiger partial charge in [-0.2, -0.15) is 0 Å². The predicted molar refractivity (Wildman–Crippen MR) is 76.4 cm³/mol. The SMILES string of the molecule is OC1CCC(CNC2CCc3sc(Cl)cc32)CC1. The summed E-state index contributed by atoms with van der Waals surface area (Å²) >= 11 is 7.81. The van der Waals surface area contributed by atoms with Crippen molar-refractivity contribution in [1.82, 2.24) is 5.32 Å². The molecule has 0 spiro atoms. The first kappa shape index (κ1) is 12.9. The van der Waals surface area contributed by atoms with E-state index in [9.17, 15) is 5.11 Å². The van der Waals surface area contributed by atoms with Crippen molar-refractivity contribution in [2.45, 2.75) is 50.7 Å². The highest BCUT2D eigenvalue weighted by molar-refractivity contribution is 7.16. The Balaban J connectivity index is 1.52. The standard InChI is InChI=1S/C14H20ClNOS/c15-14-7-11-12(5-6-13(11)18-14)16-8-9-1-3-10(17)4-2-9/h7,9-10,12,16-17H,1-6,8H2. The molecule has 0 saturated heterocycles. The summed E-state index contributed by atoms with van der Waals surface area (Å²) in [5.74, 6) is 0.742. The van der Waals surface area contributed by atoms with Gasteiger partial charge in [0, 0.05) is 10.9 Å². The Morgan fingerprint density at radius 3 is 2.83 bits per heavy atom. The molecule has 2 aliphatic carbocycles. The Morgan fingerprint density at radius 2 is 2.06 bits per heavy atom. The maximum Gasteiger partial charge on any atom is 0.0934 e. The Morgan fingerprint density at radius 1 is 1.28 bits per heavy atom. The van der Waals surface area contributed by atoms with Crippen LogP contribution >= 0.6 is 22.9 Å². The minimum atomic E-state index is -0.0463. The first-order valence-corrected chi connectivity index (χ1v) is 8.11. The van der Waals surface area contributed by atoms with Crippen LogP contribution in [0.4, 0.5) is 0 Å². The molecule has 0 amide bonds. The number of hydrogen-bond donors (Lipinski definition) is 2. The average molecular weight is 286 g/mol. The molecule has 1 unspecified atom stereocenters. The molecule has 18 heavy (non-hydrogen) atoms. The van der Waals surface area contributed by atoms with Gasteiger partial charge in [0.25, 0.3) is 0 Å². The quantitative estimate of drug-likeness (QED) is 0.890. The van der Waals surface area contributed by atoms with Gasteiger partial charge in [0.2, 0.25) is 0 Å². The zero-order valence-corrected chi connectivity index (χ0v) is 12.1. The highest BCUT2D eigenvalue weighted by Gasteiger charge is 2.26. The second-order valence-corrected chi connectivity index (χ2v) is 7.37. The van der Waals surface area contributed by atoms with Gasteiger partial charge in [-0.3, -0.25) is 0 Å². The second-order valence-electron chi connectivity index (χ2n) is 5.60. The van der Waals surface area contributed by atoms with Crippen molar-refractivity contribution < 1.29 is 5.11 Å². The van der Waals surface area contributed by atoms with E-state index in [4.69, 9.17) is 11.6 Å². The molecule has 3 rings (SSSR count). The third-order valence-corrected chi connectivity index (χ3v) is 5.66. The van der Waals surface area contributed by atoms with Gasteiger partial charge in [-0.1, -0.05) is 11.6 Å². The van der Waals surface area contributed by atoms with Gasteiger partial charge >= 0.3 is 0 Å². The first-order valence-electron chi connectivity index (χ1n) is 6.92. The summed E-state index contributed by atoms with van der Waals surface area (Å²) < 4.78 is 0.923. The first-order chi connectivity index (χ1) is 8.72. The summed E-state index contributed by atoms with van der Waals surface area (Å²) in [5, 5.41) is 13.2. The molecule has 100 valence electrons. The maximum atomic E-state index is 9.51. The summed E-state index contributed by atoms with van der Waals surface area (Å²) in [5.41, 5.74) is 1.43. The Kier molecular flexibility index (Phi) is 3.94. The van der Waals surface area contributed by atoms with Gasteiger partial charge < -0.3 is 10.4 Å². The van der Waals surface area contributed by atoms with Crippen LogP contribution in [0.15, 0.2) is 6.07 Å². The summed E-state index contributed by atoms with van der Waals surface area (Å²) in [7, 11) is 0. The van der Waals surface area contributed by atoms with Crippen LogP contribution < -0.4 is 5.32 Å². The number of fused-ring (bicyclic) bond motifs is 1. The molecule has 0 aromatic carbocycles. The molecule has 1 saturated carbocycles. The fourth-order valence-electron chi connectivity index (χ4n) is 3.20. The van der Waals surface area contributed by atoms with E-state index in [0.717, 1.165) is 42.5 Å². The fourth-order valence-corrected chi connectivity index (χ4v) is 4.56. The minimum absolute atomic E-state index is 0.0463. The van der Waals surface area contributed by atoms with Crippen LogP contribution in [0.3, 0.4) is 0 Å². The molecule has 1 atom stereocenters. The van der Waals surface area contributed by atoms with Crippen molar-refractivity contribution in [3.05, 3.63) is 20.8 Å². The van der Waals surface area contributed by atoms with Crippen molar-refractivity contribution in [2.24, 2.45) is 5.92 Å². The van der Waals surface area contributed by atoms with Crippen molar-refractivity contribution in [3.8, 4) is 0 Å². The molecule has 0 radical (unpaired) electrons. The van der Waals surface area contributed by atoms with Crippen LogP contribution in [0.2, 0.25) is 4.34 Å². The van der Waals surface area contributed by atoms with Crippen molar-refractivity contribution in [2.75, 3.05) is 6.54 Å². The zero-order chi connectivity index (χ0) is 12.5. The monoisotopic (exact) mass is 285 g/mol. The normalized spacial score (nSPS) is 31.6. The van der Waals surface area contributed by atoms with Crippen molar-refractivity contribution >= 4 is 22.9 Å². The van der Waals surface area contributed by atoms with Crippen LogP contribution in [0, 0.1) is 5.92 Å².